The minimum atomic E-state index is 0.113. The summed E-state index contributed by atoms with van der Waals surface area (Å²) in [6.45, 7) is 8.74. The van der Waals surface area contributed by atoms with Crippen molar-refractivity contribution >= 4 is 5.95 Å². The first kappa shape index (κ1) is 14.7. The third kappa shape index (κ3) is 4.87. The van der Waals surface area contributed by atoms with E-state index in [1.165, 1.54) is 0 Å². The second-order valence-corrected chi connectivity index (χ2v) is 5.00. The van der Waals surface area contributed by atoms with Crippen molar-refractivity contribution in [2.24, 2.45) is 5.73 Å². The van der Waals surface area contributed by atoms with Crippen molar-refractivity contribution < 1.29 is 4.74 Å². The zero-order valence-corrected chi connectivity index (χ0v) is 12.0. The number of nitrogens with zero attached hydrogens (tertiary/aromatic N) is 3. The molecule has 1 atom stereocenters. The number of ether oxygens (including phenoxy) is 1. The molecule has 1 heterocycles. The van der Waals surface area contributed by atoms with Gasteiger partial charge in [0.2, 0.25) is 11.8 Å². The Balaban J connectivity index is 2.78. The highest BCUT2D eigenvalue weighted by molar-refractivity contribution is 5.33. The number of nitrogens with two attached hydrogens (primary N) is 1. The van der Waals surface area contributed by atoms with Gasteiger partial charge >= 0.3 is 0 Å². The van der Waals surface area contributed by atoms with E-state index in [0.717, 1.165) is 18.7 Å². The van der Waals surface area contributed by atoms with Crippen LogP contribution in [0.25, 0.3) is 0 Å². The fourth-order valence-electron chi connectivity index (χ4n) is 1.49. The second kappa shape index (κ2) is 6.54. The molecular weight excluding hydrogens is 228 g/mol. The van der Waals surface area contributed by atoms with Crippen molar-refractivity contribution in [1.29, 1.82) is 0 Å². The van der Waals surface area contributed by atoms with Crippen LogP contribution >= 0.6 is 0 Å². The number of rotatable bonds is 6. The van der Waals surface area contributed by atoms with Gasteiger partial charge in [-0.05, 0) is 34.1 Å². The van der Waals surface area contributed by atoms with Gasteiger partial charge in [0, 0.05) is 31.4 Å². The lowest BCUT2D eigenvalue weighted by Crippen LogP contribution is -2.27. The Labute approximate surface area is 109 Å². The summed E-state index contributed by atoms with van der Waals surface area (Å²) in [6.07, 6.45) is 1.02. The maximum Gasteiger partial charge on any atom is 0.228 e. The van der Waals surface area contributed by atoms with Crippen LogP contribution < -0.4 is 15.4 Å². The summed E-state index contributed by atoms with van der Waals surface area (Å²) >= 11 is 0. The Morgan fingerprint density at radius 3 is 2.56 bits per heavy atom. The first-order valence-electron chi connectivity index (χ1n) is 6.37. The van der Waals surface area contributed by atoms with Gasteiger partial charge in [0.15, 0.2) is 0 Å². The van der Waals surface area contributed by atoms with Gasteiger partial charge in [0.1, 0.15) is 0 Å². The minimum absolute atomic E-state index is 0.113. The molecule has 0 fully saturated rings. The third-order valence-electron chi connectivity index (χ3n) is 2.44. The van der Waals surface area contributed by atoms with Gasteiger partial charge in [0.05, 0.1) is 6.10 Å². The predicted octanol–water partition coefficient (Wildman–Crippen LogP) is 1.75. The monoisotopic (exact) mass is 252 g/mol. The summed E-state index contributed by atoms with van der Waals surface area (Å²) in [5.74, 6) is 1.31. The highest BCUT2D eigenvalue weighted by atomic mass is 16.5. The first-order chi connectivity index (χ1) is 8.38. The van der Waals surface area contributed by atoms with Crippen LogP contribution in [-0.2, 0) is 0 Å². The Hall–Kier alpha value is -1.36. The zero-order chi connectivity index (χ0) is 13.7. The van der Waals surface area contributed by atoms with E-state index < -0.39 is 0 Å². The van der Waals surface area contributed by atoms with Crippen molar-refractivity contribution in [3.8, 4) is 5.88 Å². The van der Waals surface area contributed by atoms with Crippen LogP contribution in [0.5, 0.6) is 5.88 Å². The number of aromatic nitrogens is 2. The summed E-state index contributed by atoms with van der Waals surface area (Å²) < 4.78 is 5.61. The average Bonchev–Trinajstić information content (AvgIpc) is 2.23. The number of aryl methyl sites for hydroxylation is 1. The average molecular weight is 252 g/mol. The van der Waals surface area contributed by atoms with Gasteiger partial charge < -0.3 is 15.4 Å². The van der Waals surface area contributed by atoms with Crippen molar-refractivity contribution in [2.45, 2.75) is 46.3 Å². The molecule has 5 heteroatoms. The molecule has 0 aliphatic carbocycles. The van der Waals surface area contributed by atoms with Crippen molar-refractivity contribution in [3.05, 3.63) is 11.8 Å². The summed E-state index contributed by atoms with van der Waals surface area (Å²) in [6, 6.07) is 2.03. The summed E-state index contributed by atoms with van der Waals surface area (Å²) in [5, 5.41) is 0. The normalized spacial score (nSPS) is 12.6. The zero-order valence-electron chi connectivity index (χ0n) is 12.0. The van der Waals surface area contributed by atoms with Crippen LogP contribution in [0, 0.1) is 6.92 Å². The van der Waals surface area contributed by atoms with E-state index in [-0.39, 0.29) is 12.1 Å². The quantitative estimate of drug-likeness (QED) is 0.835. The number of hydrogen-bond acceptors (Lipinski definition) is 5. The van der Waals surface area contributed by atoms with E-state index in [2.05, 4.69) is 9.97 Å². The lowest BCUT2D eigenvalue weighted by atomic mass is 10.2. The van der Waals surface area contributed by atoms with E-state index in [1.807, 2.05) is 45.7 Å². The smallest absolute Gasteiger partial charge is 0.228 e. The maximum atomic E-state index is 5.75. The molecule has 18 heavy (non-hydrogen) atoms. The summed E-state index contributed by atoms with van der Waals surface area (Å²) in [5.41, 5.74) is 6.66. The molecule has 0 radical (unpaired) electrons. The topological polar surface area (TPSA) is 64.3 Å². The van der Waals surface area contributed by atoms with Gasteiger partial charge in [0.25, 0.3) is 0 Å². The van der Waals surface area contributed by atoms with E-state index in [9.17, 15) is 0 Å². The van der Waals surface area contributed by atoms with Gasteiger partial charge in [-0.15, -0.1) is 0 Å². The molecule has 1 aromatic heterocycles. The maximum absolute atomic E-state index is 5.75. The second-order valence-electron chi connectivity index (χ2n) is 5.00. The molecule has 0 amide bonds. The van der Waals surface area contributed by atoms with Crippen LogP contribution in [0.3, 0.4) is 0 Å². The molecule has 0 aromatic carbocycles. The van der Waals surface area contributed by atoms with Gasteiger partial charge in [-0.2, -0.15) is 4.98 Å². The SMILES string of the molecule is Cc1cc(OC(C)C)nc(N(C)CCC(C)N)n1. The van der Waals surface area contributed by atoms with Crippen molar-refractivity contribution in [2.75, 3.05) is 18.5 Å². The van der Waals surface area contributed by atoms with Gasteiger partial charge in [-0.1, -0.05) is 0 Å². The Morgan fingerprint density at radius 1 is 1.33 bits per heavy atom. The highest BCUT2D eigenvalue weighted by Crippen LogP contribution is 2.16. The number of hydrogen-bond donors (Lipinski definition) is 1. The molecule has 1 unspecified atom stereocenters. The summed E-state index contributed by atoms with van der Waals surface area (Å²) in [7, 11) is 1.97. The van der Waals surface area contributed by atoms with Crippen molar-refractivity contribution in [1.82, 2.24) is 9.97 Å². The molecule has 0 saturated carbocycles. The molecule has 1 aromatic rings. The molecule has 0 aliphatic heterocycles. The molecule has 2 N–H and O–H groups in total. The molecular formula is C13H24N4O. The van der Waals surface area contributed by atoms with E-state index in [1.54, 1.807) is 0 Å². The third-order valence-corrected chi connectivity index (χ3v) is 2.44. The van der Waals surface area contributed by atoms with E-state index in [4.69, 9.17) is 10.5 Å². The molecule has 0 bridgehead atoms. The van der Waals surface area contributed by atoms with Crippen LogP contribution in [0.15, 0.2) is 6.07 Å². The standard InChI is InChI=1S/C13H24N4O/c1-9(2)18-12-8-11(4)15-13(16-12)17(5)7-6-10(3)14/h8-10H,6-7,14H2,1-5H3. The van der Waals surface area contributed by atoms with Crippen LogP contribution in [0.1, 0.15) is 32.9 Å². The van der Waals surface area contributed by atoms with Crippen molar-refractivity contribution in [3.63, 3.8) is 0 Å². The Bertz CT molecular complexity index is 379. The molecule has 1 rings (SSSR count). The number of anilines is 1. The van der Waals surface area contributed by atoms with Gasteiger partial charge in [-0.25, -0.2) is 4.98 Å². The largest absolute Gasteiger partial charge is 0.475 e. The Morgan fingerprint density at radius 2 is 2.00 bits per heavy atom. The summed E-state index contributed by atoms with van der Waals surface area (Å²) in [4.78, 5) is 10.8. The lowest BCUT2D eigenvalue weighted by molar-refractivity contribution is 0.232. The molecule has 0 spiro atoms. The molecule has 102 valence electrons. The first-order valence-corrected chi connectivity index (χ1v) is 6.37. The molecule has 5 nitrogen and oxygen atoms in total. The lowest BCUT2D eigenvalue weighted by Gasteiger charge is -2.19. The van der Waals surface area contributed by atoms with E-state index in [0.29, 0.717) is 11.8 Å². The Kier molecular flexibility index (Phi) is 5.34. The predicted molar refractivity (Wildman–Crippen MR) is 74.1 cm³/mol. The van der Waals surface area contributed by atoms with Gasteiger partial charge in [-0.3, -0.25) is 0 Å². The van der Waals surface area contributed by atoms with Crippen LogP contribution in [-0.4, -0.2) is 35.7 Å². The fraction of sp³-hybridized carbons (Fsp3) is 0.692. The molecule has 0 saturated heterocycles. The minimum Gasteiger partial charge on any atom is -0.475 e. The highest BCUT2D eigenvalue weighted by Gasteiger charge is 2.09. The van der Waals surface area contributed by atoms with Crippen LogP contribution in [0.4, 0.5) is 5.95 Å². The fourth-order valence-corrected chi connectivity index (χ4v) is 1.49. The van der Waals surface area contributed by atoms with Crippen LogP contribution in [0.2, 0.25) is 0 Å². The molecule has 0 aliphatic rings. The van der Waals surface area contributed by atoms with E-state index >= 15 is 0 Å².